The summed E-state index contributed by atoms with van der Waals surface area (Å²) in [6, 6.07) is 7.25. The maximum atomic E-state index is 12.7. The van der Waals surface area contributed by atoms with Crippen LogP contribution < -0.4 is 5.32 Å². The third-order valence-corrected chi connectivity index (χ3v) is 6.60. The van der Waals surface area contributed by atoms with Gasteiger partial charge >= 0.3 is 0 Å². The summed E-state index contributed by atoms with van der Waals surface area (Å²) in [4.78, 5) is 0.345. The molecule has 20 heavy (non-hydrogen) atoms. The minimum absolute atomic E-state index is 0.265. The highest BCUT2D eigenvalue weighted by atomic mass is 79.9. The Morgan fingerprint density at radius 1 is 1.35 bits per heavy atom. The van der Waals surface area contributed by atoms with Crippen LogP contribution in [0.1, 0.15) is 26.2 Å². The number of benzene rings is 1. The molecule has 1 fully saturated rings. The minimum atomic E-state index is -3.43. The van der Waals surface area contributed by atoms with E-state index in [2.05, 4.69) is 21.2 Å². The van der Waals surface area contributed by atoms with Gasteiger partial charge in [0, 0.05) is 23.6 Å². The SMILES string of the molecule is CCN(CC1CCCCN1)S(=O)(=O)c1ccccc1Br. The van der Waals surface area contributed by atoms with Crippen LogP contribution >= 0.6 is 15.9 Å². The molecule has 1 aromatic carbocycles. The Hall–Kier alpha value is -0.430. The molecule has 1 unspecified atom stereocenters. The summed E-state index contributed by atoms with van der Waals surface area (Å²) in [6.07, 6.45) is 3.39. The maximum absolute atomic E-state index is 12.7. The molecule has 1 aliphatic heterocycles. The first kappa shape index (κ1) is 15.9. The Morgan fingerprint density at radius 3 is 2.70 bits per heavy atom. The number of sulfonamides is 1. The molecular formula is C14H21BrN2O2S. The van der Waals surface area contributed by atoms with E-state index in [4.69, 9.17) is 0 Å². The van der Waals surface area contributed by atoms with Gasteiger partial charge in [0.25, 0.3) is 0 Å². The van der Waals surface area contributed by atoms with E-state index in [0.29, 0.717) is 22.5 Å². The predicted octanol–water partition coefficient (Wildman–Crippen LogP) is 2.60. The summed E-state index contributed by atoms with van der Waals surface area (Å²) < 4.78 is 27.6. The molecule has 1 heterocycles. The zero-order valence-electron chi connectivity index (χ0n) is 11.7. The fourth-order valence-electron chi connectivity index (χ4n) is 2.52. The Morgan fingerprint density at radius 2 is 2.10 bits per heavy atom. The second kappa shape index (κ2) is 7.02. The number of rotatable bonds is 5. The van der Waals surface area contributed by atoms with Crippen LogP contribution in [0.3, 0.4) is 0 Å². The van der Waals surface area contributed by atoms with Crippen molar-refractivity contribution >= 4 is 26.0 Å². The number of hydrogen-bond donors (Lipinski definition) is 1. The van der Waals surface area contributed by atoms with Crippen molar-refractivity contribution in [2.45, 2.75) is 37.1 Å². The fraction of sp³-hybridized carbons (Fsp3) is 0.571. The third kappa shape index (κ3) is 3.61. The summed E-state index contributed by atoms with van der Waals surface area (Å²) in [7, 11) is -3.43. The van der Waals surface area contributed by atoms with Crippen LogP contribution in [-0.2, 0) is 10.0 Å². The lowest BCUT2D eigenvalue weighted by Crippen LogP contribution is -2.45. The van der Waals surface area contributed by atoms with Crippen molar-refractivity contribution in [1.82, 2.24) is 9.62 Å². The van der Waals surface area contributed by atoms with Crippen molar-refractivity contribution < 1.29 is 8.42 Å². The van der Waals surface area contributed by atoms with Crippen LogP contribution in [0.25, 0.3) is 0 Å². The molecule has 4 nitrogen and oxygen atoms in total. The summed E-state index contributed by atoms with van der Waals surface area (Å²) in [5, 5.41) is 3.40. The van der Waals surface area contributed by atoms with Crippen molar-refractivity contribution in [2.75, 3.05) is 19.6 Å². The molecule has 1 aliphatic rings. The second-order valence-corrected chi connectivity index (χ2v) is 7.79. The highest BCUT2D eigenvalue weighted by molar-refractivity contribution is 9.10. The molecule has 1 atom stereocenters. The number of hydrogen-bond acceptors (Lipinski definition) is 3. The van der Waals surface area contributed by atoms with E-state index < -0.39 is 10.0 Å². The van der Waals surface area contributed by atoms with Gasteiger partial charge in [0.05, 0.1) is 4.90 Å². The van der Waals surface area contributed by atoms with Gasteiger partial charge in [-0.3, -0.25) is 0 Å². The number of nitrogens with zero attached hydrogens (tertiary/aromatic N) is 1. The van der Waals surface area contributed by atoms with Crippen molar-refractivity contribution in [3.63, 3.8) is 0 Å². The Balaban J connectivity index is 2.19. The van der Waals surface area contributed by atoms with Gasteiger partial charge < -0.3 is 5.32 Å². The van der Waals surface area contributed by atoms with Gasteiger partial charge in [-0.25, -0.2) is 8.42 Å². The van der Waals surface area contributed by atoms with Gasteiger partial charge in [-0.15, -0.1) is 0 Å². The largest absolute Gasteiger partial charge is 0.313 e. The van der Waals surface area contributed by atoms with E-state index in [1.54, 1.807) is 22.5 Å². The topological polar surface area (TPSA) is 49.4 Å². The molecule has 0 radical (unpaired) electrons. The van der Waals surface area contributed by atoms with E-state index in [9.17, 15) is 8.42 Å². The van der Waals surface area contributed by atoms with Gasteiger partial charge in [0.1, 0.15) is 0 Å². The van der Waals surface area contributed by atoms with Crippen LogP contribution in [-0.4, -0.2) is 38.4 Å². The highest BCUT2D eigenvalue weighted by Crippen LogP contribution is 2.25. The molecule has 0 saturated carbocycles. The lowest BCUT2D eigenvalue weighted by Gasteiger charge is -2.29. The van der Waals surface area contributed by atoms with Crippen molar-refractivity contribution in [3.8, 4) is 0 Å². The van der Waals surface area contributed by atoms with Crippen molar-refractivity contribution in [1.29, 1.82) is 0 Å². The predicted molar refractivity (Wildman–Crippen MR) is 84.2 cm³/mol. The number of likely N-dealkylation sites (N-methyl/N-ethyl adjacent to an activating group) is 1. The normalized spacial score (nSPS) is 20.2. The fourth-order valence-corrected chi connectivity index (χ4v) is 4.97. The molecule has 1 N–H and O–H groups in total. The molecule has 0 spiro atoms. The van der Waals surface area contributed by atoms with E-state index in [-0.39, 0.29) is 6.04 Å². The molecule has 0 bridgehead atoms. The zero-order chi connectivity index (χ0) is 14.6. The Bertz CT molecular complexity index is 542. The van der Waals surface area contributed by atoms with Crippen LogP contribution in [0.15, 0.2) is 33.6 Å². The summed E-state index contributed by atoms with van der Waals surface area (Å²) in [5.74, 6) is 0. The zero-order valence-corrected chi connectivity index (χ0v) is 14.1. The monoisotopic (exact) mass is 360 g/mol. The van der Waals surface area contributed by atoms with Gasteiger partial charge in [-0.05, 0) is 47.4 Å². The van der Waals surface area contributed by atoms with Crippen LogP contribution in [0.4, 0.5) is 0 Å². The van der Waals surface area contributed by atoms with E-state index in [1.165, 1.54) is 12.8 Å². The quantitative estimate of drug-likeness (QED) is 0.877. The first-order valence-corrected chi connectivity index (χ1v) is 9.27. The molecule has 0 amide bonds. The van der Waals surface area contributed by atoms with Crippen molar-refractivity contribution in [2.24, 2.45) is 0 Å². The third-order valence-electron chi connectivity index (χ3n) is 3.64. The summed E-state index contributed by atoms with van der Waals surface area (Å²) >= 11 is 3.33. The Labute approximate surface area is 129 Å². The average Bonchev–Trinajstić information content (AvgIpc) is 2.46. The molecule has 1 aromatic rings. The lowest BCUT2D eigenvalue weighted by atomic mass is 10.1. The van der Waals surface area contributed by atoms with E-state index >= 15 is 0 Å². The van der Waals surface area contributed by atoms with Gasteiger partial charge in [-0.2, -0.15) is 4.31 Å². The van der Waals surface area contributed by atoms with Gasteiger partial charge in [-0.1, -0.05) is 25.5 Å². The average molecular weight is 361 g/mol. The number of halogens is 1. The molecule has 112 valence electrons. The Kier molecular flexibility index (Phi) is 5.60. The van der Waals surface area contributed by atoms with Crippen LogP contribution in [0.2, 0.25) is 0 Å². The molecule has 6 heteroatoms. The minimum Gasteiger partial charge on any atom is -0.313 e. The maximum Gasteiger partial charge on any atom is 0.244 e. The second-order valence-electron chi connectivity index (χ2n) is 5.03. The van der Waals surface area contributed by atoms with Crippen LogP contribution in [0.5, 0.6) is 0 Å². The molecule has 0 aromatic heterocycles. The highest BCUT2D eigenvalue weighted by Gasteiger charge is 2.27. The number of piperidine rings is 1. The molecule has 2 rings (SSSR count). The smallest absolute Gasteiger partial charge is 0.244 e. The van der Waals surface area contributed by atoms with Crippen molar-refractivity contribution in [3.05, 3.63) is 28.7 Å². The van der Waals surface area contributed by atoms with Crippen LogP contribution in [0, 0.1) is 0 Å². The molecule has 0 aliphatic carbocycles. The first-order chi connectivity index (χ1) is 9.55. The summed E-state index contributed by atoms with van der Waals surface area (Å²) in [6.45, 7) is 3.90. The van der Waals surface area contributed by atoms with Gasteiger partial charge in [0.2, 0.25) is 10.0 Å². The molecule has 1 saturated heterocycles. The van der Waals surface area contributed by atoms with E-state index in [0.717, 1.165) is 13.0 Å². The van der Waals surface area contributed by atoms with E-state index in [1.807, 2.05) is 13.0 Å². The van der Waals surface area contributed by atoms with Gasteiger partial charge in [0.15, 0.2) is 0 Å². The molecular weight excluding hydrogens is 340 g/mol. The first-order valence-electron chi connectivity index (χ1n) is 7.03. The lowest BCUT2D eigenvalue weighted by molar-refractivity contribution is 0.319. The number of nitrogens with one attached hydrogen (secondary N) is 1. The summed E-state index contributed by atoms with van der Waals surface area (Å²) in [5.41, 5.74) is 0. The standard InChI is InChI=1S/C14H21BrN2O2S/c1-2-17(11-12-7-5-6-10-16-12)20(18,19)14-9-4-3-8-13(14)15/h3-4,8-9,12,16H,2,5-7,10-11H2,1H3.